The first kappa shape index (κ1) is 19.0. The van der Waals surface area contributed by atoms with Crippen LogP contribution in [0.3, 0.4) is 0 Å². The van der Waals surface area contributed by atoms with Crippen molar-refractivity contribution in [3.05, 3.63) is 0 Å². The van der Waals surface area contributed by atoms with E-state index in [1.165, 1.54) is 70.6 Å². The van der Waals surface area contributed by atoms with Crippen LogP contribution in [0, 0.1) is 29.6 Å². The average Bonchev–Trinajstić information content (AvgIpc) is 2.45. The molecule has 21 heavy (non-hydrogen) atoms. The third-order valence-electron chi connectivity index (χ3n) is 6.31. The molecule has 0 amide bonds. The zero-order chi connectivity index (χ0) is 15.7. The van der Waals surface area contributed by atoms with Gasteiger partial charge in [-0.3, -0.25) is 0 Å². The van der Waals surface area contributed by atoms with E-state index in [0.29, 0.717) is 0 Å². The molecule has 0 N–H and O–H groups in total. The quantitative estimate of drug-likeness (QED) is 0.366. The second kappa shape index (κ2) is 10.7. The van der Waals surface area contributed by atoms with E-state index in [1.54, 1.807) is 0 Å². The fourth-order valence-corrected chi connectivity index (χ4v) is 3.93. The van der Waals surface area contributed by atoms with Crippen LogP contribution in [-0.4, -0.2) is 0 Å². The van der Waals surface area contributed by atoms with E-state index >= 15 is 0 Å². The van der Waals surface area contributed by atoms with Crippen LogP contribution < -0.4 is 0 Å². The normalized spacial score (nSPS) is 26.0. The van der Waals surface area contributed by atoms with Crippen molar-refractivity contribution in [2.45, 2.75) is 105 Å². The van der Waals surface area contributed by atoms with Gasteiger partial charge in [0.05, 0.1) is 0 Å². The molecule has 1 aliphatic carbocycles. The molecule has 0 aromatic heterocycles. The second-order valence-electron chi connectivity index (χ2n) is 8.56. The first-order valence-corrected chi connectivity index (χ1v) is 10.0. The Morgan fingerprint density at radius 2 is 1.48 bits per heavy atom. The minimum absolute atomic E-state index is 0.862. The Kier molecular flexibility index (Phi) is 9.69. The molecule has 0 aromatic rings. The summed E-state index contributed by atoms with van der Waals surface area (Å²) in [7, 11) is 0. The molecule has 0 saturated heterocycles. The molecule has 0 aliphatic heterocycles. The van der Waals surface area contributed by atoms with E-state index in [0.717, 1.165) is 29.6 Å². The summed E-state index contributed by atoms with van der Waals surface area (Å²) in [6, 6.07) is 0. The molecule has 0 aromatic carbocycles. The number of rotatable bonds is 10. The SMILES string of the molecule is CC(CCCCCC(C)C(C)C)CCC1CCCCC1C. The smallest absolute Gasteiger partial charge is 0.0388 e. The van der Waals surface area contributed by atoms with Crippen molar-refractivity contribution in [2.24, 2.45) is 29.6 Å². The monoisotopic (exact) mass is 294 g/mol. The minimum atomic E-state index is 0.862. The average molecular weight is 295 g/mol. The summed E-state index contributed by atoms with van der Waals surface area (Å²) in [5, 5.41) is 0. The second-order valence-corrected chi connectivity index (χ2v) is 8.56. The van der Waals surface area contributed by atoms with Gasteiger partial charge in [0.25, 0.3) is 0 Å². The van der Waals surface area contributed by atoms with Crippen molar-refractivity contribution in [2.75, 3.05) is 0 Å². The van der Waals surface area contributed by atoms with Gasteiger partial charge in [-0.2, -0.15) is 0 Å². The topological polar surface area (TPSA) is 0 Å². The maximum Gasteiger partial charge on any atom is -0.0388 e. The molecule has 4 unspecified atom stereocenters. The van der Waals surface area contributed by atoms with Gasteiger partial charge in [-0.05, 0) is 36.0 Å². The maximum absolute atomic E-state index is 2.49. The van der Waals surface area contributed by atoms with E-state index < -0.39 is 0 Å². The Bertz CT molecular complexity index is 242. The molecule has 0 bridgehead atoms. The predicted molar refractivity (Wildman–Crippen MR) is 96.6 cm³/mol. The molecule has 0 nitrogen and oxygen atoms in total. The van der Waals surface area contributed by atoms with E-state index in [4.69, 9.17) is 0 Å². The van der Waals surface area contributed by atoms with Gasteiger partial charge in [-0.25, -0.2) is 0 Å². The largest absolute Gasteiger partial charge is 0.0625 e. The molecule has 0 radical (unpaired) electrons. The molecule has 0 heteroatoms. The van der Waals surface area contributed by atoms with Gasteiger partial charge in [-0.15, -0.1) is 0 Å². The van der Waals surface area contributed by atoms with Crippen LogP contribution in [0.25, 0.3) is 0 Å². The van der Waals surface area contributed by atoms with Crippen LogP contribution in [0.1, 0.15) is 105 Å². The summed E-state index contributed by atoms with van der Waals surface area (Å²) < 4.78 is 0. The molecule has 0 heterocycles. The fraction of sp³-hybridized carbons (Fsp3) is 1.00. The number of hydrogen-bond acceptors (Lipinski definition) is 0. The summed E-state index contributed by atoms with van der Waals surface area (Å²) >= 11 is 0. The molecule has 1 fully saturated rings. The van der Waals surface area contributed by atoms with Crippen molar-refractivity contribution in [3.63, 3.8) is 0 Å². The Morgan fingerprint density at radius 1 is 0.810 bits per heavy atom. The summed E-state index contributed by atoms with van der Waals surface area (Å²) in [6.45, 7) is 12.1. The van der Waals surface area contributed by atoms with Crippen LogP contribution >= 0.6 is 0 Å². The lowest BCUT2D eigenvalue weighted by molar-refractivity contribution is 0.225. The zero-order valence-electron chi connectivity index (χ0n) is 15.7. The first-order valence-electron chi connectivity index (χ1n) is 10.0. The summed E-state index contributed by atoms with van der Waals surface area (Å²) in [6.07, 6.45) is 16.3. The molecular weight excluding hydrogens is 252 g/mol. The molecular formula is C21H42. The molecule has 126 valence electrons. The van der Waals surface area contributed by atoms with Gasteiger partial charge in [0.1, 0.15) is 0 Å². The predicted octanol–water partition coefficient (Wildman–Crippen LogP) is 7.47. The van der Waals surface area contributed by atoms with E-state index in [-0.39, 0.29) is 0 Å². The van der Waals surface area contributed by atoms with E-state index in [1.807, 2.05) is 0 Å². The Balaban J connectivity index is 1.99. The highest BCUT2D eigenvalue weighted by Crippen LogP contribution is 2.34. The van der Waals surface area contributed by atoms with Crippen molar-refractivity contribution in [3.8, 4) is 0 Å². The summed E-state index contributed by atoms with van der Waals surface area (Å²) in [4.78, 5) is 0. The highest BCUT2D eigenvalue weighted by Gasteiger charge is 2.21. The van der Waals surface area contributed by atoms with E-state index in [9.17, 15) is 0 Å². The Morgan fingerprint density at radius 3 is 2.14 bits per heavy atom. The third-order valence-corrected chi connectivity index (χ3v) is 6.31. The van der Waals surface area contributed by atoms with Crippen molar-refractivity contribution in [1.82, 2.24) is 0 Å². The molecule has 0 spiro atoms. The summed E-state index contributed by atoms with van der Waals surface area (Å²) in [5.41, 5.74) is 0. The van der Waals surface area contributed by atoms with Gasteiger partial charge in [0.2, 0.25) is 0 Å². The van der Waals surface area contributed by atoms with Gasteiger partial charge >= 0.3 is 0 Å². The van der Waals surface area contributed by atoms with Crippen LogP contribution in [0.15, 0.2) is 0 Å². The minimum Gasteiger partial charge on any atom is -0.0625 e. The zero-order valence-corrected chi connectivity index (χ0v) is 15.7. The summed E-state index contributed by atoms with van der Waals surface area (Å²) in [5.74, 6) is 4.79. The van der Waals surface area contributed by atoms with Crippen molar-refractivity contribution in [1.29, 1.82) is 0 Å². The molecule has 1 saturated carbocycles. The highest BCUT2D eigenvalue weighted by molar-refractivity contribution is 4.73. The van der Waals surface area contributed by atoms with Gasteiger partial charge in [0, 0.05) is 0 Å². The maximum atomic E-state index is 2.49. The Labute approximate surface area is 135 Å². The lowest BCUT2D eigenvalue weighted by Gasteiger charge is -2.29. The first-order chi connectivity index (χ1) is 10.0. The fourth-order valence-electron chi connectivity index (χ4n) is 3.93. The van der Waals surface area contributed by atoms with Crippen LogP contribution in [0.5, 0.6) is 0 Å². The molecule has 4 atom stereocenters. The lowest BCUT2D eigenvalue weighted by atomic mass is 9.77. The molecule has 1 rings (SSSR count). The lowest BCUT2D eigenvalue weighted by Crippen LogP contribution is -2.17. The number of hydrogen-bond donors (Lipinski definition) is 0. The van der Waals surface area contributed by atoms with Crippen LogP contribution in [0.2, 0.25) is 0 Å². The Hall–Kier alpha value is 0. The molecule has 1 aliphatic rings. The number of unbranched alkanes of at least 4 members (excludes halogenated alkanes) is 2. The van der Waals surface area contributed by atoms with Crippen molar-refractivity contribution >= 4 is 0 Å². The van der Waals surface area contributed by atoms with Crippen LogP contribution in [-0.2, 0) is 0 Å². The highest BCUT2D eigenvalue weighted by atomic mass is 14.3. The third kappa shape index (κ3) is 8.27. The van der Waals surface area contributed by atoms with Gasteiger partial charge in [0.15, 0.2) is 0 Å². The standard InChI is InChI=1S/C21H42/c1-17(2)19(4)12-8-6-7-11-18(3)15-16-21-14-10-9-13-20(21)5/h17-21H,6-16H2,1-5H3. The van der Waals surface area contributed by atoms with E-state index in [2.05, 4.69) is 34.6 Å². The van der Waals surface area contributed by atoms with Gasteiger partial charge < -0.3 is 0 Å². The van der Waals surface area contributed by atoms with Crippen molar-refractivity contribution < 1.29 is 0 Å². The van der Waals surface area contributed by atoms with Gasteiger partial charge in [-0.1, -0.05) is 98.8 Å². The van der Waals surface area contributed by atoms with Crippen LogP contribution in [0.4, 0.5) is 0 Å².